The van der Waals surface area contributed by atoms with Crippen molar-refractivity contribution in [3.63, 3.8) is 0 Å². The first-order valence-corrected chi connectivity index (χ1v) is 8.53. The van der Waals surface area contributed by atoms with Crippen molar-refractivity contribution < 1.29 is 9.53 Å². The molecule has 7 nitrogen and oxygen atoms in total. The summed E-state index contributed by atoms with van der Waals surface area (Å²) < 4.78 is 5.06. The fourth-order valence-corrected chi connectivity index (χ4v) is 2.64. The quantitative estimate of drug-likeness (QED) is 0.233. The molecule has 1 aliphatic heterocycles. The van der Waals surface area contributed by atoms with Crippen LogP contribution < -0.4 is 10.6 Å². The first-order chi connectivity index (χ1) is 11.1. The molecule has 1 amide bonds. The van der Waals surface area contributed by atoms with E-state index >= 15 is 0 Å². The SMILES string of the molecule is CCN1CCCC1CNC(=NCC(=O)N(C)C)NCCCOC.I. The molecule has 0 aromatic heterocycles. The van der Waals surface area contributed by atoms with E-state index in [0.717, 1.165) is 26.1 Å². The number of amides is 1. The maximum absolute atomic E-state index is 11.7. The predicted molar refractivity (Wildman–Crippen MR) is 109 cm³/mol. The number of nitrogens with zero attached hydrogens (tertiary/aromatic N) is 3. The number of ether oxygens (including phenoxy) is 1. The Morgan fingerprint density at radius 3 is 2.75 bits per heavy atom. The van der Waals surface area contributed by atoms with Crippen molar-refractivity contribution in [1.82, 2.24) is 20.4 Å². The highest BCUT2D eigenvalue weighted by Gasteiger charge is 2.22. The number of carbonyl (C=O) groups excluding carboxylic acids is 1. The number of hydrogen-bond acceptors (Lipinski definition) is 4. The highest BCUT2D eigenvalue weighted by atomic mass is 127. The zero-order chi connectivity index (χ0) is 17.1. The second-order valence-electron chi connectivity index (χ2n) is 6.03. The molecule has 0 aromatic rings. The number of methoxy groups -OCH3 is 1. The third kappa shape index (κ3) is 9.03. The zero-order valence-electron chi connectivity index (χ0n) is 15.5. The van der Waals surface area contributed by atoms with Gasteiger partial charge in [-0.15, -0.1) is 24.0 Å². The van der Waals surface area contributed by atoms with Crippen molar-refractivity contribution in [2.75, 3.05) is 60.5 Å². The summed E-state index contributed by atoms with van der Waals surface area (Å²) in [6, 6.07) is 0.551. The summed E-state index contributed by atoms with van der Waals surface area (Å²) in [5, 5.41) is 6.66. The Morgan fingerprint density at radius 2 is 2.12 bits per heavy atom. The van der Waals surface area contributed by atoms with Crippen molar-refractivity contribution >= 4 is 35.8 Å². The number of halogens is 1. The Morgan fingerprint density at radius 1 is 1.38 bits per heavy atom. The van der Waals surface area contributed by atoms with Crippen LogP contribution in [0.1, 0.15) is 26.2 Å². The lowest BCUT2D eigenvalue weighted by atomic mass is 10.2. The second kappa shape index (κ2) is 13.7. The second-order valence-corrected chi connectivity index (χ2v) is 6.03. The smallest absolute Gasteiger partial charge is 0.243 e. The molecule has 2 N–H and O–H groups in total. The maximum Gasteiger partial charge on any atom is 0.243 e. The Bertz CT molecular complexity index is 379. The van der Waals surface area contributed by atoms with Gasteiger partial charge in [0, 0.05) is 46.9 Å². The molecule has 1 fully saturated rings. The van der Waals surface area contributed by atoms with Crippen molar-refractivity contribution in [2.45, 2.75) is 32.2 Å². The fourth-order valence-electron chi connectivity index (χ4n) is 2.64. The molecule has 0 aliphatic carbocycles. The topological polar surface area (TPSA) is 69.2 Å². The van der Waals surface area contributed by atoms with Crippen molar-refractivity contribution in [3.8, 4) is 0 Å². The number of likely N-dealkylation sites (N-methyl/N-ethyl adjacent to an activating group) is 2. The molecule has 1 unspecified atom stereocenters. The van der Waals surface area contributed by atoms with Crippen LogP contribution >= 0.6 is 24.0 Å². The van der Waals surface area contributed by atoms with Crippen LogP contribution in [0.4, 0.5) is 0 Å². The summed E-state index contributed by atoms with van der Waals surface area (Å²) in [5.74, 6) is 0.707. The lowest BCUT2D eigenvalue weighted by molar-refractivity contribution is -0.127. The number of hydrogen-bond donors (Lipinski definition) is 2. The normalized spacial score (nSPS) is 18.2. The molecule has 0 saturated carbocycles. The maximum atomic E-state index is 11.7. The summed E-state index contributed by atoms with van der Waals surface area (Å²) in [7, 11) is 5.19. The van der Waals surface area contributed by atoms with Crippen molar-refractivity contribution in [1.29, 1.82) is 0 Å². The molecule has 8 heteroatoms. The van der Waals surface area contributed by atoms with Gasteiger partial charge in [0.15, 0.2) is 5.96 Å². The molecule has 1 rings (SSSR count). The van der Waals surface area contributed by atoms with E-state index in [1.54, 1.807) is 26.1 Å². The van der Waals surface area contributed by atoms with Crippen LogP contribution in [0.15, 0.2) is 4.99 Å². The Hall–Kier alpha value is -0.610. The van der Waals surface area contributed by atoms with Gasteiger partial charge >= 0.3 is 0 Å². The van der Waals surface area contributed by atoms with Crippen LogP contribution in [0.5, 0.6) is 0 Å². The van der Waals surface area contributed by atoms with Crippen LogP contribution in [-0.4, -0.2) is 88.2 Å². The largest absolute Gasteiger partial charge is 0.385 e. The third-order valence-corrected chi connectivity index (χ3v) is 4.10. The van der Waals surface area contributed by atoms with Gasteiger partial charge in [-0.3, -0.25) is 9.69 Å². The average molecular weight is 455 g/mol. The fraction of sp³-hybridized carbons (Fsp3) is 0.875. The zero-order valence-corrected chi connectivity index (χ0v) is 17.8. The Kier molecular flexibility index (Phi) is 13.3. The summed E-state index contributed by atoms with van der Waals surface area (Å²) in [5.41, 5.74) is 0. The summed E-state index contributed by atoms with van der Waals surface area (Å²) in [6.45, 7) is 6.97. The molecule has 0 aromatic carbocycles. The third-order valence-electron chi connectivity index (χ3n) is 4.10. The molecule has 0 radical (unpaired) electrons. The van der Waals surface area contributed by atoms with Gasteiger partial charge in [-0.1, -0.05) is 6.92 Å². The van der Waals surface area contributed by atoms with Gasteiger partial charge in [0.2, 0.25) is 5.91 Å². The minimum Gasteiger partial charge on any atom is -0.385 e. The van der Waals surface area contributed by atoms with Gasteiger partial charge in [-0.05, 0) is 32.4 Å². The van der Waals surface area contributed by atoms with Gasteiger partial charge in [-0.25, -0.2) is 4.99 Å². The standard InChI is InChI=1S/C16H33N5O2.HI/c1-5-21-10-6-8-14(21)12-18-16(17-9-7-11-23-4)19-13-15(22)20(2)3;/h14H,5-13H2,1-4H3,(H2,17,18,19);1H. The van der Waals surface area contributed by atoms with E-state index in [4.69, 9.17) is 4.74 Å². The lowest BCUT2D eigenvalue weighted by Gasteiger charge is -2.24. The summed E-state index contributed by atoms with van der Waals surface area (Å²) in [4.78, 5) is 20.2. The summed E-state index contributed by atoms with van der Waals surface area (Å²) in [6.07, 6.45) is 3.38. The highest BCUT2D eigenvalue weighted by molar-refractivity contribution is 14.0. The number of carbonyl (C=O) groups is 1. The molecule has 1 heterocycles. The van der Waals surface area contributed by atoms with Gasteiger partial charge in [0.25, 0.3) is 0 Å². The number of likely N-dealkylation sites (tertiary alicyclic amines) is 1. The van der Waals surface area contributed by atoms with E-state index in [1.165, 1.54) is 19.4 Å². The van der Waals surface area contributed by atoms with E-state index < -0.39 is 0 Å². The first-order valence-electron chi connectivity index (χ1n) is 8.53. The molecule has 1 aliphatic rings. The molecule has 1 saturated heterocycles. The van der Waals surface area contributed by atoms with Crippen LogP contribution in [0.3, 0.4) is 0 Å². The van der Waals surface area contributed by atoms with Crippen LogP contribution in [0.25, 0.3) is 0 Å². The molecular formula is C16H34IN5O2. The number of rotatable bonds is 9. The van der Waals surface area contributed by atoms with Crippen molar-refractivity contribution in [3.05, 3.63) is 0 Å². The first kappa shape index (κ1) is 23.4. The monoisotopic (exact) mass is 455 g/mol. The molecular weight excluding hydrogens is 421 g/mol. The van der Waals surface area contributed by atoms with Gasteiger partial charge in [0.05, 0.1) is 0 Å². The minimum atomic E-state index is -0.000886. The Balaban J connectivity index is 0.00000529. The molecule has 24 heavy (non-hydrogen) atoms. The van der Waals surface area contributed by atoms with Crippen molar-refractivity contribution in [2.24, 2.45) is 4.99 Å². The summed E-state index contributed by atoms with van der Waals surface area (Å²) >= 11 is 0. The molecule has 0 bridgehead atoms. The average Bonchev–Trinajstić information content (AvgIpc) is 3.00. The molecule has 142 valence electrons. The van der Waals surface area contributed by atoms with E-state index in [2.05, 4.69) is 27.4 Å². The number of aliphatic imine (C=N–C) groups is 1. The molecule has 0 spiro atoms. The van der Waals surface area contributed by atoms with E-state index in [-0.39, 0.29) is 36.4 Å². The number of nitrogens with one attached hydrogen (secondary N) is 2. The van der Waals surface area contributed by atoms with E-state index in [9.17, 15) is 4.79 Å². The van der Waals surface area contributed by atoms with Gasteiger partial charge in [0.1, 0.15) is 6.54 Å². The van der Waals surface area contributed by atoms with E-state index in [1.807, 2.05) is 0 Å². The Labute approximate surface area is 163 Å². The van der Waals surface area contributed by atoms with Gasteiger partial charge in [-0.2, -0.15) is 0 Å². The number of guanidine groups is 1. The van der Waals surface area contributed by atoms with Crippen LogP contribution in [-0.2, 0) is 9.53 Å². The highest BCUT2D eigenvalue weighted by Crippen LogP contribution is 2.15. The minimum absolute atomic E-state index is 0. The van der Waals surface area contributed by atoms with Crippen LogP contribution in [0.2, 0.25) is 0 Å². The molecule has 1 atom stereocenters. The van der Waals surface area contributed by atoms with Crippen LogP contribution in [0, 0.1) is 0 Å². The predicted octanol–water partition coefficient (Wildman–Crippen LogP) is 0.749. The van der Waals surface area contributed by atoms with Gasteiger partial charge < -0.3 is 20.3 Å². The van der Waals surface area contributed by atoms with E-state index in [0.29, 0.717) is 18.6 Å². The lowest BCUT2D eigenvalue weighted by Crippen LogP contribution is -2.45.